The van der Waals surface area contributed by atoms with Gasteiger partial charge in [0, 0.05) is 6.20 Å². The van der Waals surface area contributed by atoms with Crippen molar-refractivity contribution in [3.8, 4) is 22.8 Å². The quantitative estimate of drug-likeness (QED) is 0.437. The van der Waals surface area contributed by atoms with Crippen molar-refractivity contribution >= 4 is 0 Å². The lowest BCUT2D eigenvalue weighted by atomic mass is 9.66. The van der Waals surface area contributed by atoms with Crippen LogP contribution in [0.5, 0.6) is 0 Å². The van der Waals surface area contributed by atoms with Crippen LogP contribution >= 0.6 is 0 Å². The summed E-state index contributed by atoms with van der Waals surface area (Å²) in [6.45, 7) is 5.95. The van der Waals surface area contributed by atoms with Crippen LogP contribution in [0.1, 0.15) is 68.3 Å². The zero-order chi connectivity index (χ0) is 24.5. The summed E-state index contributed by atoms with van der Waals surface area (Å²) in [5.41, 5.74) is 2.44. The van der Waals surface area contributed by atoms with E-state index in [9.17, 15) is 13.9 Å². The number of oxazole rings is 1. The van der Waals surface area contributed by atoms with E-state index in [1.54, 1.807) is 25.4 Å². The topological polar surface area (TPSA) is 97.8 Å². The van der Waals surface area contributed by atoms with E-state index >= 15 is 0 Å². The molecule has 1 fully saturated rings. The van der Waals surface area contributed by atoms with E-state index in [2.05, 4.69) is 34.0 Å². The van der Waals surface area contributed by atoms with Gasteiger partial charge in [0.25, 0.3) is 0 Å². The average Bonchev–Trinajstić information content (AvgIpc) is 3.48. The first-order valence-electron chi connectivity index (χ1n) is 11.5. The van der Waals surface area contributed by atoms with Crippen molar-refractivity contribution in [3.63, 3.8) is 0 Å². The first-order valence-corrected chi connectivity index (χ1v) is 11.5. The lowest BCUT2D eigenvalue weighted by Crippen LogP contribution is -2.38. The number of halogens is 2. The Balaban J connectivity index is 1.49. The lowest BCUT2D eigenvalue weighted by molar-refractivity contribution is 0.194. The monoisotopic (exact) mass is 475 g/mol. The average molecular weight is 475 g/mol. The summed E-state index contributed by atoms with van der Waals surface area (Å²) in [6, 6.07) is 5.55. The predicted molar refractivity (Wildman–Crippen MR) is 122 cm³/mol. The molecule has 1 aromatic carbocycles. The third-order valence-corrected chi connectivity index (χ3v) is 7.84. The van der Waals surface area contributed by atoms with Crippen molar-refractivity contribution in [1.82, 2.24) is 25.1 Å². The minimum Gasteiger partial charge on any atom is -0.443 e. The van der Waals surface area contributed by atoms with Crippen LogP contribution in [0.2, 0.25) is 0 Å². The van der Waals surface area contributed by atoms with Gasteiger partial charge < -0.3 is 9.52 Å². The molecule has 2 aliphatic carbocycles. The molecular formula is C26H23F2N5O2. The molecule has 0 saturated heterocycles. The van der Waals surface area contributed by atoms with Crippen molar-refractivity contribution < 1.29 is 18.3 Å². The van der Waals surface area contributed by atoms with E-state index in [0.717, 1.165) is 29.8 Å². The standard InChI is InChI=1S/C26H23F2N5O2/c1-13(34)20-12-35-24(31-20)19-10-29-11-21(30-19)26-8-7-15(25(26,2)3)14-9-18(32-33-23(14)26)22-16(27)5-4-6-17(22)28/h4-6,9-13,15,34H,7-8H2,1-3H3/t13?,15-,26-/m0/s1. The maximum absolute atomic E-state index is 14.5. The van der Waals surface area contributed by atoms with Crippen LogP contribution in [-0.4, -0.2) is 30.3 Å². The van der Waals surface area contributed by atoms with Gasteiger partial charge in [-0.05, 0) is 54.9 Å². The highest BCUT2D eigenvalue weighted by Crippen LogP contribution is 2.69. The molecule has 1 saturated carbocycles. The van der Waals surface area contributed by atoms with Crippen LogP contribution in [0.4, 0.5) is 8.78 Å². The summed E-state index contributed by atoms with van der Waals surface area (Å²) in [7, 11) is 0. The fraction of sp³-hybridized carbons (Fsp3) is 0.346. The first kappa shape index (κ1) is 21.9. The smallest absolute Gasteiger partial charge is 0.247 e. The molecule has 4 aromatic rings. The van der Waals surface area contributed by atoms with Gasteiger partial charge in [0.15, 0.2) is 0 Å². The number of benzene rings is 1. The van der Waals surface area contributed by atoms with Gasteiger partial charge in [0.05, 0.1) is 40.4 Å². The van der Waals surface area contributed by atoms with Gasteiger partial charge in [0.1, 0.15) is 29.3 Å². The van der Waals surface area contributed by atoms with E-state index in [-0.39, 0.29) is 28.5 Å². The number of hydrogen-bond acceptors (Lipinski definition) is 7. The Morgan fingerprint density at radius 1 is 1.09 bits per heavy atom. The van der Waals surface area contributed by atoms with Crippen molar-refractivity contribution in [3.05, 3.63) is 77.2 Å². The first-order chi connectivity index (χ1) is 16.7. The molecule has 178 valence electrons. The van der Waals surface area contributed by atoms with Crippen LogP contribution in [0.3, 0.4) is 0 Å². The number of aliphatic hydroxyl groups excluding tert-OH is 1. The minimum atomic E-state index is -0.762. The Kier molecular flexibility index (Phi) is 4.67. The van der Waals surface area contributed by atoms with Crippen LogP contribution in [0.15, 0.2) is 47.3 Å². The third-order valence-electron chi connectivity index (χ3n) is 7.84. The molecule has 0 radical (unpaired) electrons. The van der Waals surface area contributed by atoms with Gasteiger partial charge in [-0.2, -0.15) is 5.10 Å². The van der Waals surface area contributed by atoms with Crippen LogP contribution in [0.25, 0.3) is 22.8 Å². The lowest BCUT2D eigenvalue weighted by Gasteiger charge is -2.37. The van der Waals surface area contributed by atoms with Gasteiger partial charge in [-0.3, -0.25) is 4.98 Å². The molecule has 0 aliphatic heterocycles. The fourth-order valence-electron chi connectivity index (χ4n) is 6.03. The molecule has 0 amide bonds. The van der Waals surface area contributed by atoms with Crippen LogP contribution < -0.4 is 0 Å². The maximum atomic E-state index is 14.5. The van der Waals surface area contributed by atoms with E-state index in [1.807, 2.05) is 0 Å². The summed E-state index contributed by atoms with van der Waals surface area (Å²) < 4.78 is 34.5. The summed E-state index contributed by atoms with van der Waals surface area (Å²) in [5.74, 6) is -0.945. The SMILES string of the molecule is CC(O)c1coc(-c2cncc([C@@]34CC[C@@H](c5cc(-c6c(F)cccc6F)nnc53)C4(C)C)n2)n1. The fourth-order valence-corrected chi connectivity index (χ4v) is 6.03. The van der Waals surface area contributed by atoms with Gasteiger partial charge >= 0.3 is 0 Å². The van der Waals surface area contributed by atoms with Gasteiger partial charge in [-0.1, -0.05) is 19.9 Å². The highest BCUT2D eigenvalue weighted by molar-refractivity contribution is 5.64. The maximum Gasteiger partial charge on any atom is 0.247 e. The third kappa shape index (κ3) is 2.94. The molecule has 1 N–H and O–H groups in total. The number of nitrogens with zero attached hydrogens (tertiary/aromatic N) is 5. The minimum absolute atomic E-state index is 0.121. The summed E-state index contributed by atoms with van der Waals surface area (Å²) in [5, 5.41) is 18.6. The molecular weight excluding hydrogens is 452 g/mol. The molecule has 0 spiro atoms. The normalized spacial score (nSPS) is 22.9. The second-order valence-corrected chi connectivity index (χ2v) is 9.89. The Bertz CT molecular complexity index is 1450. The van der Waals surface area contributed by atoms with E-state index in [4.69, 9.17) is 9.40 Å². The Labute approximate surface area is 200 Å². The van der Waals surface area contributed by atoms with Crippen LogP contribution in [0, 0.1) is 17.0 Å². The molecule has 35 heavy (non-hydrogen) atoms. The van der Waals surface area contributed by atoms with Crippen molar-refractivity contribution in [2.75, 3.05) is 0 Å². The molecule has 1 unspecified atom stereocenters. The largest absolute Gasteiger partial charge is 0.443 e. The molecule has 3 aromatic heterocycles. The molecule has 9 heteroatoms. The molecule has 6 rings (SSSR count). The van der Waals surface area contributed by atoms with Gasteiger partial charge in [-0.15, -0.1) is 5.10 Å². The van der Waals surface area contributed by atoms with E-state index in [1.165, 1.54) is 24.5 Å². The number of fused-ring (bicyclic) bond motifs is 5. The van der Waals surface area contributed by atoms with Crippen molar-refractivity contribution in [2.45, 2.75) is 51.0 Å². The van der Waals surface area contributed by atoms with E-state index < -0.39 is 23.2 Å². The van der Waals surface area contributed by atoms with Crippen LogP contribution in [-0.2, 0) is 5.41 Å². The number of hydrogen-bond donors (Lipinski definition) is 1. The molecule has 3 heterocycles. The highest BCUT2D eigenvalue weighted by atomic mass is 19.1. The molecule has 7 nitrogen and oxygen atoms in total. The van der Waals surface area contributed by atoms with Crippen molar-refractivity contribution in [1.29, 1.82) is 0 Å². The summed E-state index contributed by atoms with van der Waals surface area (Å²) in [4.78, 5) is 13.6. The molecule has 2 bridgehead atoms. The zero-order valence-electron chi connectivity index (χ0n) is 19.5. The van der Waals surface area contributed by atoms with E-state index in [0.29, 0.717) is 11.4 Å². The van der Waals surface area contributed by atoms with Crippen molar-refractivity contribution in [2.24, 2.45) is 5.41 Å². The highest BCUT2D eigenvalue weighted by Gasteiger charge is 2.65. The second-order valence-electron chi connectivity index (χ2n) is 9.89. The van der Waals surface area contributed by atoms with Gasteiger partial charge in [0.2, 0.25) is 5.89 Å². The van der Waals surface area contributed by atoms with Gasteiger partial charge in [-0.25, -0.2) is 18.7 Å². The molecule has 2 aliphatic rings. The Morgan fingerprint density at radius 2 is 1.86 bits per heavy atom. The Hall–Kier alpha value is -3.59. The molecule has 3 atom stereocenters. The predicted octanol–water partition coefficient (Wildman–Crippen LogP) is 5.12. The Morgan fingerprint density at radius 3 is 2.57 bits per heavy atom. The number of aromatic nitrogens is 5. The summed E-state index contributed by atoms with van der Waals surface area (Å²) >= 11 is 0. The second kappa shape index (κ2) is 7.45. The number of rotatable bonds is 4. The summed E-state index contributed by atoms with van der Waals surface area (Å²) in [6.07, 6.45) is 5.62. The zero-order valence-corrected chi connectivity index (χ0v) is 19.5. The number of aliphatic hydroxyl groups is 1.